The topological polar surface area (TPSA) is 62.2 Å². The summed E-state index contributed by atoms with van der Waals surface area (Å²) in [6.45, 7) is 10.1. The predicted molar refractivity (Wildman–Crippen MR) is 120 cm³/mol. The summed E-state index contributed by atoms with van der Waals surface area (Å²) in [5.41, 5.74) is 3.14. The van der Waals surface area contributed by atoms with Crippen LogP contribution in [-0.4, -0.2) is 60.2 Å². The minimum atomic E-state index is -0.268. The number of hydrogen-bond donors (Lipinski definition) is 2. The Morgan fingerprint density at radius 2 is 2.13 bits per heavy atom. The Bertz CT molecular complexity index is 636. The monoisotopic (exact) mass is 425 g/mol. The molecule has 1 saturated heterocycles. The summed E-state index contributed by atoms with van der Waals surface area (Å²) < 4.78 is 17.9. The van der Waals surface area contributed by atoms with Gasteiger partial charge in [-0.1, -0.05) is 31.6 Å². The van der Waals surface area contributed by atoms with Gasteiger partial charge >= 0.3 is 0 Å². The fraction of sp³-hybridized carbons (Fsp3) is 0.667. The van der Waals surface area contributed by atoms with Gasteiger partial charge < -0.3 is 19.8 Å². The van der Waals surface area contributed by atoms with Gasteiger partial charge in [0.1, 0.15) is 0 Å². The number of aryl methyl sites for hydroxylation is 1. The number of unbranched alkanes of at least 4 members (excludes halogenated alkanes) is 1. The van der Waals surface area contributed by atoms with E-state index in [9.17, 15) is 4.53 Å². The molecule has 30 heavy (non-hydrogen) atoms. The second kappa shape index (κ2) is 14.5. The lowest BCUT2D eigenvalue weighted by molar-refractivity contribution is -0.0642. The molecule has 0 aliphatic carbocycles. The van der Waals surface area contributed by atoms with E-state index in [0.717, 1.165) is 36.9 Å². The van der Waals surface area contributed by atoms with Crippen LogP contribution in [-0.2, 0) is 4.74 Å². The summed E-state index contributed by atoms with van der Waals surface area (Å²) in [7, 11) is 2.12. The number of rotatable bonds is 9. The summed E-state index contributed by atoms with van der Waals surface area (Å²) in [5.74, 6) is 0.324. The SMILES string of the molecule is CCC/C=C(/CCN(C)C(C)C)c1c(C)cccc1OF.OCC1CC(O)CCO1. The maximum atomic E-state index is 12.8. The molecule has 0 aromatic heterocycles. The van der Waals surface area contributed by atoms with Gasteiger partial charge in [-0.05, 0) is 64.3 Å². The van der Waals surface area contributed by atoms with Crippen molar-refractivity contribution < 1.29 is 24.4 Å². The molecule has 172 valence electrons. The van der Waals surface area contributed by atoms with Crippen molar-refractivity contribution in [3.05, 3.63) is 35.4 Å². The Labute approximate surface area is 181 Å². The Morgan fingerprint density at radius 1 is 1.40 bits per heavy atom. The van der Waals surface area contributed by atoms with E-state index in [1.807, 2.05) is 19.1 Å². The van der Waals surface area contributed by atoms with E-state index in [0.29, 0.717) is 31.2 Å². The van der Waals surface area contributed by atoms with E-state index in [1.54, 1.807) is 6.07 Å². The van der Waals surface area contributed by atoms with Gasteiger partial charge in [0.25, 0.3) is 0 Å². The summed E-state index contributed by atoms with van der Waals surface area (Å²) >= 11 is 0. The number of nitrogens with zero attached hydrogens (tertiary/aromatic N) is 1. The number of ether oxygens (including phenoxy) is 1. The van der Waals surface area contributed by atoms with Gasteiger partial charge in [-0.3, -0.25) is 4.94 Å². The first kappa shape index (κ1) is 26.6. The summed E-state index contributed by atoms with van der Waals surface area (Å²) in [6.07, 6.45) is 6.09. The number of benzene rings is 1. The van der Waals surface area contributed by atoms with Crippen molar-refractivity contribution >= 4 is 5.57 Å². The van der Waals surface area contributed by atoms with E-state index in [2.05, 4.69) is 43.7 Å². The van der Waals surface area contributed by atoms with Crippen molar-refractivity contribution in [2.45, 2.75) is 78.0 Å². The van der Waals surface area contributed by atoms with Crippen molar-refractivity contribution in [2.24, 2.45) is 0 Å². The molecule has 2 rings (SSSR count). The van der Waals surface area contributed by atoms with Crippen LogP contribution in [0.15, 0.2) is 24.3 Å². The Hall–Kier alpha value is -1.47. The number of halogens is 1. The Balaban J connectivity index is 0.000000414. The first-order chi connectivity index (χ1) is 14.3. The highest BCUT2D eigenvalue weighted by Crippen LogP contribution is 2.32. The lowest BCUT2D eigenvalue weighted by Gasteiger charge is -2.24. The van der Waals surface area contributed by atoms with E-state index < -0.39 is 0 Å². The Morgan fingerprint density at radius 3 is 2.67 bits per heavy atom. The van der Waals surface area contributed by atoms with Crippen LogP contribution < -0.4 is 4.94 Å². The molecule has 1 fully saturated rings. The summed E-state index contributed by atoms with van der Waals surface area (Å²) in [6, 6.07) is 6.02. The van der Waals surface area contributed by atoms with Crippen LogP contribution in [0, 0.1) is 6.92 Å². The molecule has 1 heterocycles. The molecule has 2 unspecified atom stereocenters. The zero-order chi connectivity index (χ0) is 22.5. The molecular weight excluding hydrogens is 385 g/mol. The first-order valence-electron chi connectivity index (χ1n) is 11.0. The standard InChI is InChI=1S/C18H28FNO.C6H12O3/c1-6-7-10-16(12-13-20(5)14(2)3)18-15(4)9-8-11-17(18)21-19;7-4-6-3-5(8)1-2-9-6/h8-11,14H,6-7,12-13H2,1-5H3;5-8H,1-4H2/b16-10-;. The van der Waals surface area contributed by atoms with Crippen molar-refractivity contribution in [3.63, 3.8) is 0 Å². The van der Waals surface area contributed by atoms with Crippen LogP contribution in [0.5, 0.6) is 5.75 Å². The van der Waals surface area contributed by atoms with Gasteiger partial charge in [0.15, 0.2) is 5.75 Å². The van der Waals surface area contributed by atoms with E-state index in [1.165, 1.54) is 5.57 Å². The fourth-order valence-corrected chi connectivity index (χ4v) is 3.31. The second-order valence-electron chi connectivity index (χ2n) is 8.22. The van der Waals surface area contributed by atoms with Gasteiger partial charge in [-0.2, -0.15) is 0 Å². The van der Waals surface area contributed by atoms with Crippen LogP contribution >= 0.6 is 0 Å². The lowest BCUT2D eigenvalue weighted by Crippen LogP contribution is -2.31. The average molecular weight is 426 g/mol. The summed E-state index contributed by atoms with van der Waals surface area (Å²) in [4.78, 5) is 6.39. The first-order valence-corrected chi connectivity index (χ1v) is 11.0. The molecule has 2 N–H and O–H groups in total. The second-order valence-corrected chi connectivity index (χ2v) is 8.22. The highest BCUT2D eigenvalue weighted by Gasteiger charge is 2.19. The maximum absolute atomic E-state index is 12.8. The molecule has 2 atom stereocenters. The quantitative estimate of drug-likeness (QED) is 0.601. The number of aliphatic hydroxyl groups is 2. The van der Waals surface area contributed by atoms with Gasteiger partial charge in [-0.25, -0.2) is 0 Å². The molecule has 5 nitrogen and oxygen atoms in total. The van der Waals surface area contributed by atoms with Crippen LogP contribution in [0.3, 0.4) is 0 Å². The van der Waals surface area contributed by atoms with E-state index >= 15 is 0 Å². The molecule has 0 spiro atoms. The van der Waals surface area contributed by atoms with Crippen molar-refractivity contribution in [1.82, 2.24) is 4.90 Å². The van der Waals surface area contributed by atoms with Crippen molar-refractivity contribution in [1.29, 1.82) is 0 Å². The molecule has 0 bridgehead atoms. The molecule has 0 radical (unpaired) electrons. The minimum absolute atomic E-state index is 0.0249. The molecule has 1 aromatic carbocycles. The highest BCUT2D eigenvalue weighted by molar-refractivity contribution is 5.73. The molecular formula is C24H40FNO4. The lowest BCUT2D eigenvalue weighted by atomic mass is 9.95. The van der Waals surface area contributed by atoms with Crippen LogP contribution in [0.1, 0.15) is 64.0 Å². The largest absolute Gasteiger partial charge is 0.394 e. The van der Waals surface area contributed by atoms with E-state index in [4.69, 9.17) is 14.9 Å². The number of allylic oxidation sites excluding steroid dienone is 1. The van der Waals surface area contributed by atoms with E-state index in [-0.39, 0.29) is 18.8 Å². The average Bonchev–Trinajstić information content (AvgIpc) is 2.74. The smallest absolute Gasteiger partial charge is 0.179 e. The third-order valence-electron chi connectivity index (χ3n) is 5.48. The number of hydrogen-bond acceptors (Lipinski definition) is 5. The highest BCUT2D eigenvalue weighted by atomic mass is 19.3. The molecule has 0 amide bonds. The number of aliphatic hydroxyl groups excluding tert-OH is 2. The third-order valence-corrected chi connectivity index (χ3v) is 5.48. The van der Waals surface area contributed by atoms with Crippen LogP contribution in [0.25, 0.3) is 5.57 Å². The van der Waals surface area contributed by atoms with Crippen LogP contribution in [0.2, 0.25) is 0 Å². The van der Waals surface area contributed by atoms with Crippen molar-refractivity contribution in [3.8, 4) is 5.75 Å². The molecule has 1 aliphatic heterocycles. The normalized spacial score (nSPS) is 19.6. The third kappa shape index (κ3) is 9.13. The fourth-order valence-electron chi connectivity index (χ4n) is 3.31. The molecule has 1 aromatic rings. The van der Waals surface area contributed by atoms with Crippen LogP contribution in [0.4, 0.5) is 4.53 Å². The van der Waals surface area contributed by atoms with Crippen molar-refractivity contribution in [2.75, 3.05) is 26.8 Å². The maximum Gasteiger partial charge on any atom is 0.179 e. The Kier molecular flexibility index (Phi) is 12.9. The zero-order valence-electron chi connectivity index (χ0n) is 19.2. The predicted octanol–water partition coefficient (Wildman–Crippen LogP) is 4.69. The van der Waals surface area contributed by atoms with Gasteiger partial charge in [0.2, 0.25) is 0 Å². The van der Waals surface area contributed by atoms with Gasteiger partial charge in [0, 0.05) is 35.7 Å². The molecule has 1 aliphatic rings. The minimum Gasteiger partial charge on any atom is -0.394 e. The summed E-state index contributed by atoms with van der Waals surface area (Å²) in [5, 5.41) is 17.6. The molecule has 6 heteroatoms. The zero-order valence-corrected chi connectivity index (χ0v) is 19.2. The van der Waals surface area contributed by atoms with Gasteiger partial charge in [0.05, 0.1) is 18.8 Å². The van der Waals surface area contributed by atoms with Gasteiger partial charge in [-0.15, -0.1) is 0 Å². The molecule has 0 saturated carbocycles.